The van der Waals surface area contributed by atoms with Gasteiger partial charge in [-0.05, 0) is 24.1 Å². The number of nitrogen functional groups attached to an aromatic ring is 1. The zero-order valence-electron chi connectivity index (χ0n) is 20.4. The predicted molar refractivity (Wildman–Crippen MR) is 137 cm³/mol. The number of aliphatic hydroxyl groups excluding tert-OH is 1. The van der Waals surface area contributed by atoms with Crippen LogP contribution in [-0.2, 0) is 28.1 Å². The quantitative estimate of drug-likeness (QED) is 0.244. The molecule has 4 N–H and O–H groups in total. The maximum atomic E-state index is 14.4. The molecule has 3 aromatic carbocycles. The number of aromatic amines is 1. The van der Waals surface area contributed by atoms with Gasteiger partial charge in [0, 0.05) is 33.6 Å². The summed E-state index contributed by atoms with van der Waals surface area (Å²) in [6.45, 7) is 7.02. The van der Waals surface area contributed by atoms with E-state index >= 15 is 0 Å². The number of halogens is 1. The molecule has 5 nitrogen and oxygen atoms in total. The van der Waals surface area contributed by atoms with Crippen LogP contribution < -0.4 is 5.73 Å². The van der Waals surface area contributed by atoms with Crippen molar-refractivity contribution in [2.24, 2.45) is 0 Å². The van der Waals surface area contributed by atoms with Crippen molar-refractivity contribution in [2.45, 2.75) is 51.6 Å². The van der Waals surface area contributed by atoms with E-state index in [4.69, 9.17) is 15.2 Å². The van der Waals surface area contributed by atoms with E-state index in [1.54, 1.807) is 13.0 Å². The van der Waals surface area contributed by atoms with Crippen LogP contribution in [0, 0.1) is 5.82 Å². The van der Waals surface area contributed by atoms with Crippen LogP contribution in [0.2, 0.25) is 0 Å². The number of benzene rings is 3. The normalized spacial score (nSPS) is 13.7. The summed E-state index contributed by atoms with van der Waals surface area (Å²) in [5, 5.41) is 11.5. The lowest BCUT2D eigenvalue weighted by atomic mass is 9.85. The van der Waals surface area contributed by atoms with E-state index in [0.717, 1.165) is 27.8 Å². The fraction of sp³-hybridized carbons (Fsp3) is 0.310. The number of nitrogens with two attached hydrogens (primary N) is 1. The molecule has 2 atom stereocenters. The maximum Gasteiger partial charge on any atom is 0.148 e. The topological polar surface area (TPSA) is 80.5 Å². The van der Waals surface area contributed by atoms with Gasteiger partial charge in [0.05, 0.1) is 31.6 Å². The lowest BCUT2D eigenvalue weighted by Gasteiger charge is -2.29. The van der Waals surface area contributed by atoms with Crippen molar-refractivity contribution in [3.05, 3.63) is 101 Å². The molecule has 2 unspecified atom stereocenters. The lowest BCUT2D eigenvalue weighted by Crippen LogP contribution is -2.29. The second kappa shape index (κ2) is 10.6. The zero-order chi connectivity index (χ0) is 25.0. The summed E-state index contributed by atoms with van der Waals surface area (Å²) in [5.41, 5.74) is 9.78. The van der Waals surface area contributed by atoms with Crippen LogP contribution in [0.1, 0.15) is 49.3 Å². The van der Waals surface area contributed by atoms with Gasteiger partial charge >= 0.3 is 0 Å². The molecule has 35 heavy (non-hydrogen) atoms. The van der Waals surface area contributed by atoms with Crippen molar-refractivity contribution >= 4 is 16.6 Å². The summed E-state index contributed by atoms with van der Waals surface area (Å²) < 4.78 is 26.7. The van der Waals surface area contributed by atoms with Gasteiger partial charge < -0.3 is 25.3 Å². The molecule has 0 aliphatic carbocycles. The van der Waals surface area contributed by atoms with Gasteiger partial charge in [-0.25, -0.2) is 4.39 Å². The predicted octanol–water partition coefficient (Wildman–Crippen LogP) is 6.02. The van der Waals surface area contributed by atoms with Crippen molar-refractivity contribution < 1.29 is 19.0 Å². The molecular formula is C29H33FN2O3. The molecule has 0 bridgehead atoms. The second-order valence-electron chi connectivity index (χ2n) is 9.65. The Labute approximate surface area is 205 Å². The molecule has 6 heteroatoms. The molecule has 0 saturated carbocycles. The standard InChI is InChI=1S/C29H33FN2O3/c1-19(33)27(35-17-21-12-8-5-9-13-21)26-22-14-24(31)23(30)15-25(22)32-28(26)29(2,3)18-34-16-20-10-6-4-7-11-20/h4-15,19,27,32-33H,16-18,31H2,1-3H3. The fourth-order valence-corrected chi connectivity index (χ4v) is 4.38. The Kier molecular flexibility index (Phi) is 7.55. The van der Waals surface area contributed by atoms with Gasteiger partial charge in [-0.2, -0.15) is 0 Å². The number of hydrogen-bond acceptors (Lipinski definition) is 4. The first kappa shape index (κ1) is 24.9. The Hall–Kier alpha value is -3.19. The molecule has 4 rings (SSSR count). The third-order valence-corrected chi connectivity index (χ3v) is 6.20. The number of fused-ring (bicyclic) bond motifs is 1. The van der Waals surface area contributed by atoms with Crippen LogP contribution in [0.4, 0.5) is 10.1 Å². The van der Waals surface area contributed by atoms with Crippen LogP contribution in [0.25, 0.3) is 10.9 Å². The van der Waals surface area contributed by atoms with Crippen molar-refractivity contribution in [1.82, 2.24) is 4.98 Å². The summed E-state index contributed by atoms with van der Waals surface area (Å²) in [7, 11) is 0. The molecule has 0 aliphatic rings. The van der Waals surface area contributed by atoms with Gasteiger partial charge in [0.2, 0.25) is 0 Å². The minimum Gasteiger partial charge on any atom is -0.396 e. The first-order chi connectivity index (χ1) is 16.8. The average Bonchev–Trinajstić information content (AvgIpc) is 3.19. The van der Waals surface area contributed by atoms with Crippen molar-refractivity contribution in [1.29, 1.82) is 0 Å². The van der Waals surface area contributed by atoms with E-state index < -0.39 is 23.4 Å². The molecule has 0 radical (unpaired) electrons. The van der Waals surface area contributed by atoms with Crippen LogP contribution in [0.5, 0.6) is 0 Å². The molecule has 0 amide bonds. The Morgan fingerprint density at radius 3 is 2.17 bits per heavy atom. The first-order valence-corrected chi connectivity index (χ1v) is 11.8. The summed E-state index contributed by atoms with van der Waals surface area (Å²) >= 11 is 0. The first-order valence-electron chi connectivity index (χ1n) is 11.8. The monoisotopic (exact) mass is 476 g/mol. The molecule has 1 heterocycles. The van der Waals surface area contributed by atoms with Crippen molar-refractivity contribution in [3.8, 4) is 0 Å². The summed E-state index contributed by atoms with van der Waals surface area (Å²) in [6, 6.07) is 22.8. The molecule has 1 aromatic heterocycles. The zero-order valence-corrected chi connectivity index (χ0v) is 20.4. The van der Waals surface area contributed by atoms with Crippen LogP contribution in [-0.4, -0.2) is 22.8 Å². The van der Waals surface area contributed by atoms with Crippen molar-refractivity contribution in [2.75, 3.05) is 12.3 Å². The fourth-order valence-electron chi connectivity index (χ4n) is 4.38. The molecular weight excluding hydrogens is 443 g/mol. The Balaban J connectivity index is 1.70. The van der Waals surface area contributed by atoms with Gasteiger partial charge in [-0.3, -0.25) is 0 Å². The van der Waals surface area contributed by atoms with E-state index in [2.05, 4.69) is 18.8 Å². The number of hydrogen-bond donors (Lipinski definition) is 3. The lowest BCUT2D eigenvalue weighted by molar-refractivity contribution is -0.0406. The second-order valence-corrected chi connectivity index (χ2v) is 9.65. The van der Waals surface area contributed by atoms with E-state index in [0.29, 0.717) is 25.3 Å². The van der Waals surface area contributed by atoms with Crippen LogP contribution in [0.15, 0.2) is 72.8 Å². The molecule has 0 aliphatic heterocycles. The SMILES string of the molecule is CC(O)C(OCc1ccccc1)c1c(C(C)(C)COCc2ccccc2)[nH]c2cc(F)c(N)cc12. The minimum atomic E-state index is -0.816. The number of rotatable bonds is 10. The summed E-state index contributed by atoms with van der Waals surface area (Å²) in [4.78, 5) is 3.39. The van der Waals surface area contributed by atoms with Crippen LogP contribution in [0.3, 0.4) is 0 Å². The van der Waals surface area contributed by atoms with Gasteiger partial charge in [-0.1, -0.05) is 74.5 Å². The van der Waals surface area contributed by atoms with E-state index in [-0.39, 0.29) is 5.69 Å². The Bertz CT molecular complexity index is 1250. The van der Waals surface area contributed by atoms with E-state index in [1.807, 2.05) is 60.7 Å². The molecule has 0 saturated heterocycles. The Morgan fingerprint density at radius 2 is 1.57 bits per heavy atom. The van der Waals surface area contributed by atoms with E-state index in [9.17, 15) is 9.50 Å². The molecule has 4 aromatic rings. The smallest absolute Gasteiger partial charge is 0.148 e. The molecule has 184 valence electrons. The highest BCUT2D eigenvalue weighted by molar-refractivity contribution is 5.88. The minimum absolute atomic E-state index is 0.0508. The van der Waals surface area contributed by atoms with Gasteiger partial charge in [-0.15, -0.1) is 0 Å². The van der Waals surface area contributed by atoms with Gasteiger partial charge in [0.15, 0.2) is 0 Å². The highest BCUT2D eigenvalue weighted by atomic mass is 19.1. The average molecular weight is 477 g/mol. The van der Waals surface area contributed by atoms with Crippen molar-refractivity contribution in [3.63, 3.8) is 0 Å². The van der Waals surface area contributed by atoms with E-state index in [1.165, 1.54) is 6.07 Å². The van der Waals surface area contributed by atoms with Crippen LogP contribution >= 0.6 is 0 Å². The van der Waals surface area contributed by atoms with Gasteiger partial charge in [0.25, 0.3) is 0 Å². The number of aliphatic hydroxyl groups is 1. The Morgan fingerprint density at radius 1 is 0.971 bits per heavy atom. The number of aromatic nitrogens is 1. The number of anilines is 1. The highest BCUT2D eigenvalue weighted by Crippen LogP contribution is 2.40. The summed E-state index contributed by atoms with van der Waals surface area (Å²) in [5.74, 6) is -0.492. The number of nitrogens with one attached hydrogen (secondary N) is 1. The molecule has 0 spiro atoms. The van der Waals surface area contributed by atoms with Gasteiger partial charge in [0.1, 0.15) is 11.9 Å². The number of ether oxygens (including phenoxy) is 2. The highest BCUT2D eigenvalue weighted by Gasteiger charge is 2.34. The third kappa shape index (κ3) is 5.73. The number of H-pyrrole nitrogens is 1. The largest absolute Gasteiger partial charge is 0.396 e. The maximum absolute atomic E-state index is 14.4. The molecule has 0 fully saturated rings. The third-order valence-electron chi connectivity index (χ3n) is 6.20. The summed E-state index contributed by atoms with van der Waals surface area (Å²) in [6.07, 6.45) is -1.47.